The highest BCUT2D eigenvalue weighted by Crippen LogP contribution is 2.32. The van der Waals surface area contributed by atoms with Gasteiger partial charge in [0.05, 0.1) is 12.5 Å². The van der Waals surface area contributed by atoms with E-state index in [1.54, 1.807) is 0 Å². The Balaban J connectivity index is 0.00000281. The molecule has 6 rings (SSSR count). The SMILES string of the molecule is CC(c1cccc(-c2ccccc2C(=O)NCCCN)c1)N(C(=O)Cc1ccc2ccccc2c1)C1CCN(Cc2ccccc2)CC1.Cl.Cl. The first kappa shape index (κ1) is 38.6. The number of rotatable bonds is 12. The number of likely N-dealkylation sites (tertiary alicyclic amines) is 1. The third-order valence-corrected chi connectivity index (χ3v) is 9.59. The maximum absolute atomic E-state index is 14.4. The lowest BCUT2D eigenvalue weighted by molar-refractivity contribution is -0.136. The molecule has 1 heterocycles. The molecule has 1 unspecified atom stereocenters. The number of halogens is 2. The zero-order valence-electron chi connectivity index (χ0n) is 28.7. The Morgan fingerprint density at radius 1 is 0.800 bits per heavy atom. The molecular weight excluding hydrogens is 663 g/mol. The molecule has 0 aliphatic carbocycles. The van der Waals surface area contributed by atoms with E-state index in [0.717, 1.165) is 66.5 Å². The molecule has 8 heteroatoms. The minimum atomic E-state index is -0.144. The zero-order chi connectivity index (χ0) is 33.3. The lowest BCUT2D eigenvalue weighted by Gasteiger charge is -2.42. The van der Waals surface area contributed by atoms with Crippen LogP contribution in [0.3, 0.4) is 0 Å². The summed E-state index contributed by atoms with van der Waals surface area (Å²) in [6.07, 6.45) is 2.93. The molecule has 1 fully saturated rings. The number of fused-ring (bicyclic) bond motifs is 1. The third-order valence-electron chi connectivity index (χ3n) is 9.59. The maximum Gasteiger partial charge on any atom is 0.251 e. The van der Waals surface area contributed by atoms with Crippen molar-refractivity contribution in [1.82, 2.24) is 15.1 Å². The van der Waals surface area contributed by atoms with Gasteiger partial charge in [-0.25, -0.2) is 0 Å². The standard InChI is InChI=1S/C42H46N4O2.2ClH/c1-31(35-15-9-16-37(29-35)39-17-7-8-18-40(39)42(48)44-24-10-23-43)46(38-21-25-45(26-22-38)30-32-11-3-2-4-12-32)41(47)28-33-19-20-34-13-5-6-14-36(34)27-33;;/h2-9,11-20,27,29,31,38H,10,21-26,28,30,43H2,1H3,(H,44,48);2*1H. The Labute approximate surface area is 308 Å². The smallest absolute Gasteiger partial charge is 0.251 e. The van der Waals surface area contributed by atoms with E-state index in [0.29, 0.717) is 25.1 Å². The van der Waals surface area contributed by atoms with Gasteiger partial charge >= 0.3 is 0 Å². The van der Waals surface area contributed by atoms with Gasteiger partial charge in [-0.2, -0.15) is 0 Å². The van der Waals surface area contributed by atoms with Gasteiger partial charge in [-0.3, -0.25) is 14.5 Å². The molecule has 0 bridgehead atoms. The second-order valence-electron chi connectivity index (χ2n) is 12.9. The predicted molar refractivity (Wildman–Crippen MR) is 210 cm³/mol. The van der Waals surface area contributed by atoms with Crippen LogP contribution in [0.5, 0.6) is 0 Å². The van der Waals surface area contributed by atoms with Crippen LogP contribution in [0, 0.1) is 0 Å². The molecule has 1 aliphatic rings. The van der Waals surface area contributed by atoms with Crippen LogP contribution in [0.1, 0.15) is 59.3 Å². The van der Waals surface area contributed by atoms with Crippen molar-refractivity contribution in [3.63, 3.8) is 0 Å². The summed E-state index contributed by atoms with van der Waals surface area (Å²) in [5.41, 5.74) is 11.5. The Kier molecular flexibility index (Phi) is 14.4. The molecule has 262 valence electrons. The molecule has 3 N–H and O–H groups in total. The summed E-state index contributed by atoms with van der Waals surface area (Å²) in [4.78, 5) is 32.2. The number of carbonyl (C=O) groups is 2. The molecule has 0 spiro atoms. The van der Waals surface area contributed by atoms with Crippen LogP contribution in [-0.2, 0) is 17.8 Å². The molecule has 1 atom stereocenters. The zero-order valence-corrected chi connectivity index (χ0v) is 30.3. The highest BCUT2D eigenvalue weighted by molar-refractivity contribution is 6.01. The van der Waals surface area contributed by atoms with Crippen LogP contribution < -0.4 is 11.1 Å². The van der Waals surface area contributed by atoms with E-state index >= 15 is 0 Å². The first-order valence-electron chi connectivity index (χ1n) is 17.2. The van der Waals surface area contributed by atoms with E-state index in [1.165, 1.54) is 10.9 Å². The molecule has 2 amide bonds. The number of benzene rings is 5. The molecular formula is C42H48Cl2N4O2. The average molecular weight is 712 g/mol. The van der Waals surface area contributed by atoms with Gasteiger partial charge in [0.25, 0.3) is 5.91 Å². The Hall–Kier alpha value is -4.20. The molecule has 0 saturated carbocycles. The summed E-state index contributed by atoms with van der Waals surface area (Å²) in [7, 11) is 0. The van der Waals surface area contributed by atoms with Crippen molar-refractivity contribution >= 4 is 47.4 Å². The van der Waals surface area contributed by atoms with Crippen molar-refractivity contribution in [2.24, 2.45) is 5.73 Å². The fourth-order valence-electron chi connectivity index (χ4n) is 7.01. The summed E-state index contributed by atoms with van der Waals surface area (Å²) in [5.74, 6) is 0.0383. The highest BCUT2D eigenvalue weighted by atomic mass is 35.5. The summed E-state index contributed by atoms with van der Waals surface area (Å²) in [6.45, 7) is 6.04. The number of piperidine rings is 1. The van der Waals surface area contributed by atoms with Crippen molar-refractivity contribution in [3.05, 3.63) is 144 Å². The Bertz CT molecular complexity index is 1840. The molecule has 6 nitrogen and oxygen atoms in total. The largest absolute Gasteiger partial charge is 0.352 e. The lowest BCUT2D eigenvalue weighted by Crippen LogP contribution is -2.48. The first-order chi connectivity index (χ1) is 23.5. The minimum absolute atomic E-state index is 0. The second kappa shape index (κ2) is 18.7. The molecule has 5 aromatic carbocycles. The highest BCUT2D eigenvalue weighted by Gasteiger charge is 2.32. The quantitative estimate of drug-likeness (QED) is 0.128. The van der Waals surface area contributed by atoms with E-state index in [4.69, 9.17) is 5.73 Å². The van der Waals surface area contributed by atoms with Crippen LogP contribution in [0.15, 0.2) is 121 Å². The van der Waals surface area contributed by atoms with Crippen LogP contribution in [0.4, 0.5) is 0 Å². The summed E-state index contributed by atoms with van der Waals surface area (Å²) >= 11 is 0. The number of carbonyl (C=O) groups excluding carboxylic acids is 2. The third kappa shape index (κ3) is 9.52. The van der Waals surface area contributed by atoms with Crippen LogP contribution in [-0.4, -0.2) is 53.8 Å². The summed E-state index contributed by atoms with van der Waals surface area (Å²) in [5, 5.41) is 5.32. The molecule has 5 aromatic rings. The summed E-state index contributed by atoms with van der Waals surface area (Å²) < 4.78 is 0. The molecule has 1 aliphatic heterocycles. The minimum Gasteiger partial charge on any atom is -0.352 e. The molecule has 0 radical (unpaired) electrons. The van der Waals surface area contributed by atoms with E-state index in [9.17, 15) is 9.59 Å². The molecule has 50 heavy (non-hydrogen) atoms. The Morgan fingerprint density at radius 2 is 1.50 bits per heavy atom. The Morgan fingerprint density at radius 3 is 2.26 bits per heavy atom. The molecule has 0 aromatic heterocycles. The van der Waals surface area contributed by atoms with Crippen molar-refractivity contribution in [2.75, 3.05) is 26.2 Å². The summed E-state index contributed by atoms with van der Waals surface area (Å²) in [6, 6.07) is 41.3. The fourth-order valence-corrected chi connectivity index (χ4v) is 7.01. The van der Waals surface area contributed by atoms with Gasteiger partial charge in [0.1, 0.15) is 0 Å². The molecule has 1 saturated heterocycles. The van der Waals surface area contributed by atoms with Crippen molar-refractivity contribution in [3.8, 4) is 11.1 Å². The van der Waals surface area contributed by atoms with Crippen molar-refractivity contribution < 1.29 is 9.59 Å². The van der Waals surface area contributed by atoms with Gasteiger partial charge in [-0.1, -0.05) is 109 Å². The van der Waals surface area contributed by atoms with E-state index in [2.05, 4.69) is 94.8 Å². The normalized spacial score (nSPS) is 13.9. The predicted octanol–water partition coefficient (Wildman–Crippen LogP) is 8.23. The van der Waals surface area contributed by atoms with Crippen molar-refractivity contribution in [2.45, 2.75) is 51.2 Å². The van der Waals surface area contributed by atoms with E-state index in [1.807, 2.05) is 48.5 Å². The first-order valence-corrected chi connectivity index (χ1v) is 17.2. The average Bonchev–Trinajstić information content (AvgIpc) is 3.13. The number of nitrogens with zero attached hydrogens (tertiary/aromatic N) is 2. The van der Waals surface area contributed by atoms with Gasteiger partial charge in [0.15, 0.2) is 0 Å². The van der Waals surface area contributed by atoms with Gasteiger partial charge in [-0.05, 0) is 83.5 Å². The van der Waals surface area contributed by atoms with Gasteiger partial charge in [-0.15, -0.1) is 24.8 Å². The number of hydrogen-bond donors (Lipinski definition) is 2. The topological polar surface area (TPSA) is 78.7 Å². The fraction of sp³-hybridized carbons (Fsp3) is 0.286. The lowest BCUT2D eigenvalue weighted by atomic mass is 9.93. The van der Waals surface area contributed by atoms with Gasteiger partial charge in [0.2, 0.25) is 5.91 Å². The van der Waals surface area contributed by atoms with E-state index in [-0.39, 0.29) is 48.7 Å². The van der Waals surface area contributed by atoms with Crippen molar-refractivity contribution in [1.29, 1.82) is 0 Å². The van der Waals surface area contributed by atoms with Crippen LogP contribution in [0.25, 0.3) is 21.9 Å². The van der Waals surface area contributed by atoms with E-state index < -0.39 is 0 Å². The second-order valence-corrected chi connectivity index (χ2v) is 12.9. The number of nitrogens with two attached hydrogens (primary N) is 1. The monoisotopic (exact) mass is 710 g/mol. The van der Waals surface area contributed by atoms with Crippen LogP contribution in [0.2, 0.25) is 0 Å². The van der Waals surface area contributed by atoms with Gasteiger partial charge in [0, 0.05) is 37.8 Å². The number of hydrogen-bond acceptors (Lipinski definition) is 4. The van der Waals surface area contributed by atoms with Gasteiger partial charge < -0.3 is 16.0 Å². The maximum atomic E-state index is 14.4. The number of amides is 2. The number of nitrogens with one attached hydrogen (secondary N) is 1. The van der Waals surface area contributed by atoms with Crippen LogP contribution >= 0.6 is 24.8 Å².